The van der Waals surface area contributed by atoms with Crippen molar-refractivity contribution in [2.24, 2.45) is 0 Å². The molecule has 0 atom stereocenters. The molecule has 6 heteroatoms. The molecule has 4 aromatic carbocycles. The van der Waals surface area contributed by atoms with Crippen LogP contribution in [-0.2, 0) is 13.1 Å². The highest BCUT2D eigenvalue weighted by molar-refractivity contribution is 6.06. The summed E-state index contributed by atoms with van der Waals surface area (Å²) in [6.07, 6.45) is 4.08. The van der Waals surface area contributed by atoms with Gasteiger partial charge in [0.15, 0.2) is 12.4 Å². The summed E-state index contributed by atoms with van der Waals surface area (Å²) in [5.41, 5.74) is 6.74. The molecule has 0 saturated carbocycles. The van der Waals surface area contributed by atoms with E-state index in [0.29, 0.717) is 11.1 Å². The van der Waals surface area contributed by atoms with Crippen LogP contribution in [0, 0.1) is 0 Å². The fourth-order valence-electron chi connectivity index (χ4n) is 5.27. The minimum absolute atomic E-state index is 0.162. The maximum atomic E-state index is 13.0. The number of hydrogen-bond donors (Lipinski definition) is 2. The lowest BCUT2D eigenvalue weighted by Crippen LogP contribution is -2.32. The van der Waals surface area contributed by atoms with Crippen LogP contribution in [0.4, 0.5) is 11.4 Å². The lowest BCUT2D eigenvalue weighted by molar-refractivity contribution is -0.668. The number of fused-ring (bicyclic) bond motifs is 2. The first-order chi connectivity index (χ1) is 20.5. The molecule has 0 aliphatic heterocycles. The maximum Gasteiger partial charge on any atom is 0.255 e. The molecule has 2 amide bonds. The van der Waals surface area contributed by atoms with Crippen LogP contribution < -0.4 is 19.8 Å². The molecule has 0 spiro atoms. The van der Waals surface area contributed by atoms with Crippen molar-refractivity contribution in [3.8, 4) is 11.1 Å². The zero-order valence-corrected chi connectivity index (χ0v) is 23.7. The summed E-state index contributed by atoms with van der Waals surface area (Å²) in [5.74, 6) is -0.324. The summed E-state index contributed by atoms with van der Waals surface area (Å²) in [4.78, 5) is 25.9. The standard InChI is InChI=1S/C36H30N4O2/c1-3-39-21-5-7-27-17-19-31(23-33(27)39)37-35(41)29-13-9-25(10-14-29)26-11-15-30(16-12-26)36(42)38-32-20-18-28-8-6-22-40(4-2)34(28)24-32/h5-24H,3-4H2,1-2H3/p+2. The highest BCUT2D eigenvalue weighted by Crippen LogP contribution is 2.23. The molecule has 6 aromatic rings. The van der Waals surface area contributed by atoms with Crippen LogP contribution in [0.5, 0.6) is 0 Å². The molecule has 0 aliphatic carbocycles. The fourth-order valence-corrected chi connectivity index (χ4v) is 5.27. The van der Waals surface area contributed by atoms with Crippen molar-refractivity contribution in [3.05, 3.63) is 133 Å². The average molecular weight is 553 g/mol. The van der Waals surface area contributed by atoms with E-state index in [2.05, 4.69) is 45.7 Å². The zero-order chi connectivity index (χ0) is 29.1. The van der Waals surface area contributed by atoms with Gasteiger partial charge < -0.3 is 10.6 Å². The quantitative estimate of drug-likeness (QED) is 0.215. The molecule has 6 nitrogen and oxygen atoms in total. The predicted molar refractivity (Wildman–Crippen MR) is 167 cm³/mol. The van der Waals surface area contributed by atoms with Crippen LogP contribution in [0.2, 0.25) is 0 Å². The van der Waals surface area contributed by atoms with Crippen LogP contribution in [0.25, 0.3) is 32.9 Å². The van der Waals surface area contributed by atoms with Gasteiger partial charge in [-0.2, -0.15) is 9.13 Å². The molecular formula is C36H32N4O2+2. The van der Waals surface area contributed by atoms with Crippen molar-refractivity contribution in [2.75, 3.05) is 10.6 Å². The number of carbonyl (C=O) groups is 2. The van der Waals surface area contributed by atoms with Gasteiger partial charge in [-0.1, -0.05) is 24.3 Å². The third-order valence-electron chi connectivity index (χ3n) is 7.59. The van der Waals surface area contributed by atoms with E-state index in [9.17, 15) is 9.59 Å². The molecule has 2 heterocycles. The normalized spacial score (nSPS) is 11.0. The van der Waals surface area contributed by atoms with Crippen LogP contribution >= 0.6 is 0 Å². The second-order valence-corrected chi connectivity index (χ2v) is 10.2. The predicted octanol–water partition coefficient (Wildman–Crippen LogP) is 6.78. The van der Waals surface area contributed by atoms with Gasteiger partial charge >= 0.3 is 0 Å². The monoisotopic (exact) mass is 552 g/mol. The Hall–Kier alpha value is -5.36. The van der Waals surface area contributed by atoms with Crippen molar-refractivity contribution in [2.45, 2.75) is 26.9 Å². The van der Waals surface area contributed by atoms with Crippen molar-refractivity contribution < 1.29 is 18.7 Å². The number of carbonyl (C=O) groups excluding carboxylic acids is 2. The zero-order valence-electron chi connectivity index (χ0n) is 23.7. The van der Waals surface area contributed by atoms with Crippen LogP contribution in [0.1, 0.15) is 34.6 Å². The Morgan fingerprint density at radius 2 is 0.952 bits per heavy atom. The first kappa shape index (κ1) is 26.8. The molecule has 42 heavy (non-hydrogen) atoms. The molecule has 0 fully saturated rings. The van der Waals surface area contributed by atoms with Crippen molar-refractivity contribution >= 4 is 45.0 Å². The second-order valence-electron chi connectivity index (χ2n) is 10.2. The summed E-state index contributed by atoms with van der Waals surface area (Å²) >= 11 is 0. The SMILES string of the molecule is CC[n+]1cccc2ccc(NC(=O)c3ccc(-c4ccc(C(=O)Nc5ccc6ccc[n+](CC)c6c5)cc4)cc3)cc21. The first-order valence-electron chi connectivity index (χ1n) is 14.2. The Balaban J connectivity index is 1.13. The molecule has 0 aliphatic rings. The maximum absolute atomic E-state index is 13.0. The number of aromatic nitrogens is 2. The van der Waals surface area contributed by atoms with Gasteiger partial charge in [0.05, 0.1) is 0 Å². The fraction of sp³-hybridized carbons (Fsp3) is 0.111. The molecule has 2 N–H and O–H groups in total. The van der Waals surface area contributed by atoms with Gasteiger partial charge in [0.1, 0.15) is 13.1 Å². The van der Waals surface area contributed by atoms with Gasteiger partial charge in [-0.15, -0.1) is 0 Å². The Labute approximate surface area is 244 Å². The summed E-state index contributed by atoms with van der Waals surface area (Å²) in [6.45, 7) is 5.90. The minimum Gasteiger partial charge on any atom is -0.322 e. The lowest BCUT2D eigenvalue weighted by atomic mass is 10.0. The van der Waals surface area contributed by atoms with E-state index in [1.54, 1.807) is 0 Å². The van der Waals surface area contributed by atoms with Gasteiger partial charge in [-0.3, -0.25) is 9.59 Å². The summed E-state index contributed by atoms with van der Waals surface area (Å²) in [7, 11) is 0. The number of nitrogens with zero attached hydrogens (tertiary/aromatic N) is 2. The number of anilines is 2. The molecule has 0 unspecified atom stereocenters. The number of pyridine rings is 2. The van der Waals surface area contributed by atoms with Crippen LogP contribution in [0.15, 0.2) is 122 Å². The van der Waals surface area contributed by atoms with Crippen molar-refractivity contribution in [3.63, 3.8) is 0 Å². The number of benzene rings is 4. The Morgan fingerprint density at radius 3 is 1.33 bits per heavy atom. The third-order valence-corrected chi connectivity index (χ3v) is 7.59. The molecular weight excluding hydrogens is 520 g/mol. The van der Waals surface area contributed by atoms with Gasteiger partial charge in [0.25, 0.3) is 11.8 Å². The third kappa shape index (κ3) is 5.47. The highest BCUT2D eigenvalue weighted by Gasteiger charge is 2.13. The van der Waals surface area contributed by atoms with E-state index in [1.807, 2.05) is 109 Å². The molecule has 0 bridgehead atoms. The highest BCUT2D eigenvalue weighted by atomic mass is 16.2. The molecule has 0 saturated heterocycles. The smallest absolute Gasteiger partial charge is 0.255 e. The van der Waals surface area contributed by atoms with E-state index < -0.39 is 0 Å². The molecule has 6 rings (SSSR count). The van der Waals surface area contributed by atoms with Gasteiger partial charge in [-0.05, 0) is 85.6 Å². The van der Waals surface area contributed by atoms with Crippen molar-refractivity contribution in [1.29, 1.82) is 0 Å². The number of amides is 2. The lowest BCUT2D eigenvalue weighted by Gasteiger charge is -2.09. The molecule has 2 aromatic heterocycles. The van der Waals surface area contributed by atoms with E-state index >= 15 is 0 Å². The number of aryl methyl sites for hydroxylation is 2. The van der Waals surface area contributed by atoms with Crippen LogP contribution in [-0.4, -0.2) is 11.8 Å². The molecule has 206 valence electrons. The van der Waals surface area contributed by atoms with E-state index in [1.165, 1.54) is 0 Å². The first-order valence-corrected chi connectivity index (χ1v) is 14.2. The Kier molecular flexibility index (Phi) is 7.43. The number of nitrogens with one attached hydrogen (secondary N) is 2. The van der Waals surface area contributed by atoms with E-state index in [0.717, 1.165) is 57.4 Å². The summed E-state index contributed by atoms with van der Waals surface area (Å²) in [6, 6.07) is 35.1. The van der Waals surface area contributed by atoms with E-state index in [4.69, 9.17) is 0 Å². The second kappa shape index (κ2) is 11.6. The minimum atomic E-state index is -0.162. The van der Waals surface area contributed by atoms with Crippen LogP contribution in [0.3, 0.4) is 0 Å². The number of hydrogen-bond acceptors (Lipinski definition) is 2. The largest absolute Gasteiger partial charge is 0.322 e. The van der Waals surface area contributed by atoms with Gasteiger partial charge in [0, 0.05) is 57.5 Å². The molecule has 0 radical (unpaired) electrons. The summed E-state index contributed by atoms with van der Waals surface area (Å²) < 4.78 is 4.30. The average Bonchev–Trinajstić information content (AvgIpc) is 3.04. The van der Waals surface area contributed by atoms with Gasteiger partial charge in [0.2, 0.25) is 11.0 Å². The summed E-state index contributed by atoms with van der Waals surface area (Å²) in [5, 5.41) is 8.29. The van der Waals surface area contributed by atoms with E-state index in [-0.39, 0.29) is 11.8 Å². The van der Waals surface area contributed by atoms with Gasteiger partial charge in [-0.25, -0.2) is 0 Å². The van der Waals surface area contributed by atoms with Crippen molar-refractivity contribution in [1.82, 2.24) is 0 Å². The Bertz CT molecular complexity index is 1790. The Morgan fingerprint density at radius 1 is 0.548 bits per heavy atom. The number of rotatable bonds is 7. The topological polar surface area (TPSA) is 66.0 Å².